The van der Waals surface area contributed by atoms with Crippen molar-refractivity contribution >= 4 is 34.7 Å². The summed E-state index contributed by atoms with van der Waals surface area (Å²) in [5.74, 6) is -0.814. The third kappa shape index (κ3) is 3.39. The van der Waals surface area contributed by atoms with Gasteiger partial charge in [-0.2, -0.15) is 13.2 Å². The third-order valence-corrected chi connectivity index (χ3v) is 4.32. The molecule has 2 aromatic rings. The highest BCUT2D eigenvalue weighted by molar-refractivity contribution is 8.19. The summed E-state index contributed by atoms with van der Waals surface area (Å²) in [6.45, 7) is 0. The van der Waals surface area contributed by atoms with Crippen molar-refractivity contribution in [2.75, 3.05) is 4.90 Å². The first-order valence-electron chi connectivity index (χ1n) is 7.00. The molecule has 0 spiro atoms. The second-order valence-corrected chi connectivity index (χ2v) is 6.12. The highest BCUT2D eigenvalue weighted by atomic mass is 32.2. The van der Waals surface area contributed by atoms with Gasteiger partial charge in [-0.15, -0.1) is 0 Å². The zero-order chi connectivity index (χ0) is 18.2. The summed E-state index contributed by atoms with van der Waals surface area (Å²) in [7, 11) is 0. The van der Waals surface area contributed by atoms with Gasteiger partial charge in [0.1, 0.15) is 5.75 Å². The van der Waals surface area contributed by atoms with E-state index in [4.69, 9.17) is 0 Å². The van der Waals surface area contributed by atoms with Crippen LogP contribution < -0.4 is 4.90 Å². The number of aromatic hydroxyl groups is 1. The first kappa shape index (κ1) is 17.1. The lowest BCUT2D eigenvalue weighted by molar-refractivity contribution is -0.137. The summed E-state index contributed by atoms with van der Waals surface area (Å²) in [4.78, 5) is 25.3. The molecule has 1 aliphatic heterocycles. The molecule has 0 radical (unpaired) electrons. The van der Waals surface area contributed by atoms with Crippen molar-refractivity contribution in [3.8, 4) is 5.75 Å². The number of phenolic OH excluding ortho intramolecular Hbond substituents is 1. The molecule has 0 bridgehead atoms. The Balaban J connectivity index is 1.96. The maximum Gasteiger partial charge on any atom is 0.416 e. The molecule has 3 rings (SSSR count). The van der Waals surface area contributed by atoms with E-state index >= 15 is 0 Å². The van der Waals surface area contributed by atoms with Crippen LogP contribution in [0.25, 0.3) is 6.08 Å². The van der Waals surface area contributed by atoms with E-state index in [1.807, 2.05) is 0 Å². The van der Waals surface area contributed by atoms with Gasteiger partial charge in [-0.3, -0.25) is 9.59 Å². The summed E-state index contributed by atoms with van der Waals surface area (Å²) in [6, 6.07) is 10.2. The Kier molecular flexibility index (Phi) is 4.30. The second kappa shape index (κ2) is 6.29. The summed E-state index contributed by atoms with van der Waals surface area (Å²) in [5.41, 5.74) is -0.774. The van der Waals surface area contributed by atoms with Gasteiger partial charge in [0.05, 0.1) is 16.2 Å². The largest absolute Gasteiger partial charge is 0.507 e. The third-order valence-electron chi connectivity index (χ3n) is 3.45. The Morgan fingerprint density at radius 1 is 1.04 bits per heavy atom. The minimum Gasteiger partial charge on any atom is -0.507 e. The van der Waals surface area contributed by atoms with E-state index in [9.17, 15) is 27.9 Å². The lowest BCUT2D eigenvalue weighted by Gasteiger charge is -2.14. The SMILES string of the molecule is O=C1S/C(=C\c2ccccc2O)C(=O)N1c1cccc(C(F)(F)F)c1. The van der Waals surface area contributed by atoms with Crippen LogP contribution in [0.3, 0.4) is 0 Å². The van der Waals surface area contributed by atoms with Crippen LogP contribution >= 0.6 is 11.8 Å². The van der Waals surface area contributed by atoms with E-state index < -0.39 is 22.9 Å². The van der Waals surface area contributed by atoms with Gasteiger partial charge in [0.15, 0.2) is 0 Å². The summed E-state index contributed by atoms with van der Waals surface area (Å²) < 4.78 is 38.5. The Labute approximate surface area is 144 Å². The number of nitrogens with zero attached hydrogens (tertiary/aromatic N) is 1. The maximum absolute atomic E-state index is 12.8. The minimum absolute atomic E-state index is 0.0175. The van der Waals surface area contributed by atoms with Crippen LogP contribution in [0.15, 0.2) is 53.4 Å². The molecule has 1 aliphatic rings. The lowest BCUT2D eigenvalue weighted by Crippen LogP contribution is -2.28. The average Bonchev–Trinajstić information content (AvgIpc) is 2.83. The molecule has 1 heterocycles. The van der Waals surface area contributed by atoms with E-state index in [0.717, 1.165) is 18.2 Å². The predicted octanol–water partition coefficient (Wildman–Crippen LogP) is 4.65. The number of hydrogen-bond donors (Lipinski definition) is 1. The number of thioether (sulfide) groups is 1. The Bertz CT molecular complexity index is 893. The summed E-state index contributed by atoms with van der Waals surface area (Å²) >= 11 is 0.600. The number of benzene rings is 2. The number of alkyl halides is 3. The van der Waals surface area contributed by atoms with Crippen molar-refractivity contribution in [2.24, 2.45) is 0 Å². The van der Waals surface area contributed by atoms with Crippen LogP contribution in [0.4, 0.5) is 23.7 Å². The molecule has 0 unspecified atom stereocenters. The van der Waals surface area contributed by atoms with E-state index in [0.29, 0.717) is 22.2 Å². The zero-order valence-electron chi connectivity index (χ0n) is 12.4. The van der Waals surface area contributed by atoms with E-state index in [-0.39, 0.29) is 16.3 Å². The topological polar surface area (TPSA) is 57.6 Å². The molecule has 2 aromatic carbocycles. The van der Waals surface area contributed by atoms with E-state index in [2.05, 4.69) is 0 Å². The number of phenols is 1. The fourth-order valence-electron chi connectivity index (χ4n) is 2.26. The van der Waals surface area contributed by atoms with Gasteiger partial charge in [0.2, 0.25) is 0 Å². The van der Waals surface area contributed by atoms with Crippen molar-refractivity contribution in [1.29, 1.82) is 0 Å². The Morgan fingerprint density at radius 3 is 2.44 bits per heavy atom. The second-order valence-electron chi connectivity index (χ2n) is 5.12. The van der Waals surface area contributed by atoms with Crippen molar-refractivity contribution in [1.82, 2.24) is 0 Å². The summed E-state index contributed by atoms with van der Waals surface area (Å²) in [5, 5.41) is 9.04. The molecule has 4 nitrogen and oxygen atoms in total. The first-order valence-corrected chi connectivity index (χ1v) is 7.82. The van der Waals surface area contributed by atoms with Crippen LogP contribution in [0.5, 0.6) is 5.75 Å². The number of carbonyl (C=O) groups excluding carboxylic acids is 2. The zero-order valence-corrected chi connectivity index (χ0v) is 13.3. The maximum atomic E-state index is 12.8. The molecule has 0 atom stereocenters. The van der Waals surface area contributed by atoms with Gasteiger partial charge in [-0.25, -0.2) is 4.90 Å². The first-order chi connectivity index (χ1) is 11.8. The molecule has 0 aromatic heterocycles. The number of hydrogen-bond acceptors (Lipinski definition) is 4. The quantitative estimate of drug-likeness (QED) is 0.787. The fourth-order valence-corrected chi connectivity index (χ4v) is 3.09. The predicted molar refractivity (Wildman–Crippen MR) is 88.0 cm³/mol. The molecular formula is C17H10F3NO3S. The van der Waals surface area contributed by atoms with Crippen molar-refractivity contribution < 1.29 is 27.9 Å². The van der Waals surface area contributed by atoms with Gasteiger partial charge in [0, 0.05) is 5.56 Å². The standard InChI is InChI=1S/C17H10F3NO3S/c18-17(19,20)11-5-3-6-12(9-11)21-15(23)14(25-16(21)24)8-10-4-1-2-7-13(10)22/h1-9,22H/b14-8-. The van der Waals surface area contributed by atoms with Crippen LogP contribution in [0, 0.1) is 0 Å². The molecule has 2 amide bonds. The number of rotatable bonds is 2. The van der Waals surface area contributed by atoms with Crippen LogP contribution in [0.1, 0.15) is 11.1 Å². The molecule has 1 N–H and O–H groups in total. The number of anilines is 1. The fraction of sp³-hybridized carbons (Fsp3) is 0.0588. The Morgan fingerprint density at radius 2 is 1.76 bits per heavy atom. The lowest BCUT2D eigenvalue weighted by atomic mass is 10.1. The molecule has 25 heavy (non-hydrogen) atoms. The highest BCUT2D eigenvalue weighted by Gasteiger charge is 2.38. The summed E-state index contributed by atoms with van der Waals surface area (Å²) in [6.07, 6.45) is -3.25. The monoisotopic (exact) mass is 365 g/mol. The van der Waals surface area contributed by atoms with Crippen molar-refractivity contribution in [2.45, 2.75) is 6.18 Å². The van der Waals surface area contributed by atoms with Crippen LogP contribution in [-0.4, -0.2) is 16.3 Å². The van der Waals surface area contributed by atoms with Crippen LogP contribution in [0.2, 0.25) is 0 Å². The van der Waals surface area contributed by atoms with Gasteiger partial charge in [-0.05, 0) is 42.1 Å². The van der Waals surface area contributed by atoms with Gasteiger partial charge in [0.25, 0.3) is 11.1 Å². The van der Waals surface area contributed by atoms with E-state index in [1.54, 1.807) is 18.2 Å². The normalized spacial score (nSPS) is 16.8. The molecule has 8 heteroatoms. The van der Waals surface area contributed by atoms with Gasteiger partial charge < -0.3 is 5.11 Å². The molecular weight excluding hydrogens is 355 g/mol. The van der Waals surface area contributed by atoms with Gasteiger partial charge in [-0.1, -0.05) is 24.3 Å². The van der Waals surface area contributed by atoms with Crippen LogP contribution in [-0.2, 0) is 11.0 Å². The molecule has 1 saturated heterocycles. The molecule has 128 valence electrons. The molecule has 1 fully saturated rings. The minimum atomic E-state index is -4.58. The number of imide groups is 1. The Hall–Kier alpha value is -2.74. The number of amides is 2. The average molecular weight is 365 g/mol. The van der Waals surface area contributed by atoms with Crippen molar-refractivity contribution in [3.63, 3.8) is 0 Å². The number of halogens is 3. The van der Waals surface area contributed by atoms with Gasteiger partial charge >= 0.3 is 6.18 Å². The van der Waals surface area contributed by atoms with Crippen molar-refractivity contribution in [3.05, 3.63) is 64.6 Å². The van der Waals surface area contributed by atoms with E-state index in [1.165, 1.54) is 18.2 Å². The highest BCUT2D eigenvalue weighted by Crippen LogP contribution is 2.38. The molecule has 0 aliphatic carbocycles. The molecule has 0 saturated carbocycles. The number of carbonyl (C=O) groups is 2. The smallest absolute Gasteiger partial charge is 0.416 e. The number of para-hydroxylation sites is 1.